The van der Waals surface area contributed by atoms with Crippen LogP contribution in [0, 0.1) is 0 Å². The van der Waals surface area contributed by atoms with Gasteiger partial charge in [-0.25, -0.2) is 0 Å². The summed E-state index contributed by atoms with van der Waals surface area (Å²) >= 11 is 0. The summed E-state index contributed by atoms with van der Waals surface area (Å²) in [5, 5.41) is 0. The summed E-state index contributed by atoms with van der Waals surface area (Å²) in [6.07, 6.45) is 0. The molecule has 0 saturated heterocycles. The summed E-state index contributed by atoms with van der Waals surface area (Å²) in [6, 6.07) is 0. The van der Waals surface area contributed by atoms with E-state index in [0.29, 0.717) is 26.4 Å². The molecule has 100 valence electrons. The number of rotatable bonds is 8. The van der Waals surface area contributed by atoms with Crippen LogP contribution in [0.3, 0.4) is 0 Å². The van der Waals surface area contributed by atoms with Crippen LogP contribution in [0.4, 0.5) is 0 Å². The van der Waals surface area contributed by atoms with Crippen LogP contribution in [-0.2, 0) is 37.6 Å². The Bertz CT molecular complexity index is 109. The minimum absolute atomic E-state index is 0. The molecule has 9 heteroatoms. The topological polar surface area (TPSA) is 83.0 Å². The van der Waals surface area contributed by atoms with E-state index in [4.69, 9.17) is 0 Å². The number of hydrogen-bond donors (Lipinski definition) is 0. The zero-order valence-electron chi connectivity index (χ0n) is 10.9. The third-order valence-electron chi connectivity index (χ3n) is 0.938. The molecule has 17 heavy (non-hydrogen) atoms. The van der Waals surface area contributed by atoms with Crippen molar-refractivity contribution in [3.8, 4) is 0 Å². The fourth-order valence-corrected chi connectivity index (χ4v) is 1.49. The summed E-state index contributed by atoms with van der Waals surface area (Å²) in [5.41, 5.74) is 0. The zero-order chi connectivity index (χ0) is 12.8. The van der Waals surface area contributed by atoms with E-state index < -0.39 is 17.2 Å². The SMILES string of the molecule is CCOP([O-])OCC.CCOP([O-])OCC.[Zn+2]. The molecule has 0 aromatic heterocycles. The Labute approximate surface area is 119 Å². The maximum Gasteiger partial charge on any atom is 2.00 e. The molecule has 0 heterocycles. The fraction of sp³-hybridized carbons (Fsp3) is 1.00. The Balaban J connectivity index is -0.000000218. The molecule has 0 rings (SSSR count). The monoisotopic (exact) mass is 338 g/mol. The van der Waals surface area contributed by atoms with Gasteiger partial charge < -0.3 is 27.9 Å². The zero-order valence-corrected chi connectivity index (χ0v) is 15.6. The van der Waals surface area contributed by atoms with E-state index in [2.05, 4.69) is 18.1 Å². The molecule has 0 N–H and O–H groups in total. The van der Waals surface area contributed by atoms with E-state index in [1.54, 1.807) is 27.7 Å². The molecular weight excluding hydrogens is 319 g/mol. The Morgan fingerprint density at radius 3 is 0.941 bits per heavy atom. The first kappa shape index (κ1) is 23.3. The molecule has 0 aliphatic carbocycles. The van der Waals surface area contributed by atoms with Crippen molar-refractivity contribution >= 4 is 17.2 Å². The third-order valence-corrected chi connectivity index (χ3v) is 2.81. The molecule has 0 radical (unpaired) electrons. The van der Waals surface area contributed by atoms with Crippen LogP contribution in [0.25, 0.3) is 0 Å². The first-order chi connectivity index (χ1) is 7.62. The van der Waals surface area contributed by atoms with Gasteiger partial charge in [0.2, 0.25) is 0 Å². The van der Waals surface area contributed by atoms with Crippen molar-refractivity contribution < 1.29 is 47.4 Å². The van der Waals surface area contributed by atoms with Crippen LogP contribution in [-0.4, -0.2) is 26.4 Å². The van der Waals surface area contributed by atoms with Crippen LogP contribution in [0.2, 0.25) is 0 Å². The average molecular weight is 340 g/mol. The molecule has 0 bridgehead atoms. The van der Waals surface area contributed by atoms with Crippen LogP contribution < -0.4 is 9.79 Å². The van der Waals surface area contributed by atoms with Crippen molar-refractivity contribution in [2.24, 2.45) is 0 Å². The van der Waals surface area contributed by atoms with Gasteiger partial charge in [0, 0.05) is 26.4 Å². The Hall–Kier alpha value is 1.24. The molecule has 0 fully saturated rings. The summed E-state index contributed by atoms with van der Waals surface area (Å²) < 4.78 is 18.3. The van der Waals surface area contributed by atoms with Crippen molar-refractivity contribution in [3.05, 3.63) is 0 Å². The van der Waals surface area contributed by atoms with Crippen molar-refractivity contribution in [2.45, 2.75) is 27.7 Å². The molecule has 0 amide bonds. The van der Waals surface area contributed by atoms with E-state index >= 15 is 0 Å². The molecule has 0 atom stereocenters. The van der Waals surface area contributed by atoms with Crippen molar-refractivity contribution in [1.82, 2.24) is 0 Å². The standard InChI is InChI=1S/2C4H10O3P.Zn/c2*1-3-6-8(5)7-4-2;/h2*3-4H2,1-2H3;/q2*-1;+2. The van der Waals surface area contributed by atoms with E-state index in [1.165, 1.54) is 0 Å². The molecule has 0 saturated carbocycles. The normalized spacial score (nSPS) is 9.88. The maximum atomic E-state index is 10.3. The van der Waals surface area contributed by atoms with Gasteiger partial charge in [-0.15, -0.1) is 0 Å². The minimum Gasteiger partial charge on any atom is -0.786 e. The quantitative estimate of drug-likeness (QED) is 0.489. The molecule has 0 spiro atoms. The number of hydrogen-bond acceptors (Lipinski definition) is 6. The molecule has 0 aliphatic heterocycles. The molecule has 0 unspecified atom stereocenters. The van der Waals surface area contributed by atoms with E-state index in [1.807, 2.05) is 0 Å². The molecule has 0 aliphatic rings. The third kappa shape index (κ3) is 22.8. The van der Waals surface area contributed by atoms with E-state index in [-0.39, 0.29) is 19.5 Å². The average Bonchev–Trinajstić information content (AvgIpc) is 2.20. The van der Waals surface area contributed by atoms with Crippen LogP contribution in [0.5, 0.6) is 0 Å². The van der Waals surface area contributed by atoms with Gasteiger partial charge in [-0.2, -0.15) is 0 Å². The molecule has 0 aromatic rings. The minimum atomic E-state index is -1.83. The largest absolute Gasteiger partial charge is 2.00 e. The van der Waals surface area contributed by atoms with Crippen LogP contribution >= 0.6 is 17.2 Å². The van der Waals surface area contributed by atoms with Crippen molar-refractivity contribution in [3.63, 3.8) is 0 Å². The first-order valence-electron chi connectivity index (χ1n) is 5.08. The smallest absolute Gasteiger partial charge is 0.786 e. The maximum absolute atomic E-state index is 10.3. The van der Waals surface area contributed by atoms with Crippen molar-refractivity contribution in [1.29, 1.82) is 0 Å². The van der Waals surface area contributed by atoms with Gasteiger partial charge >= 0.3 is 19.5 Å². The van der Waals surface area contributed by atoms with Gasteiger partial charge in [-0.1, -0.05) is 0 Å². The summed E-state index contributed by atoms with van der Waals surface area (Å²) in [7, 11) is -3.66. The molecule has 0 aromatic carbocycles. The van der Waals surface area contributed by atoms with Gasteiger partial charge in [0.15, 0.2) is 0 Å². The van der Waals surface area contributed by atoms with Gasteiger partial charge in [-0.05, 0) is 27.7 Å². The second-order valence-electron chi connectivity index (χ2n) is 2.12. The predicted octanol–water partition coefficient (Wildman–Crippen LogP) is 1.29. The van der Waals surface area contributed by atoms with Crippen LogP contribution in [0.1, 0.15) is 27.7 Å². The van der Waals surface area contributed by atoms with Gasteiger partial charge in [0.25, 0.3) is 0 Å². The second kappa shape index (κ2) is 19.6. The van der Waals surface area contributed by atoms with Gasteiger partial charge in [-0.3, -0.25) is 0 Å². The van der Waals surface area contributed by atoms with E-state index in [9.17, 15) is 9.79 Å². The Kier molecular flexibility index (Phi) is 26.9. The summed E-state index contributed by atoms with van der Waals surface area (Å²) in [5.74, 6) is 0. The van der Waals surface area contributed by atoms with Gasteiger partial charge in [0.1, 0.15) is 0 Å². The fourth-order valence-electron chi connectivity index (χ4n) is 0.496. The first-order valence-corrected chi connectivity index (χ1v) is 7.27. The predicted molar refractivity (Wildman–Crippen MR) is 60.3 cm³/mol. The summed E-state index contributed by atoms with van der Waals surface area (Å²) in [4.78, 5) is 20.7. The van der Waals surface area contributed by atoms with E-state index in [0.717, 1.165) is 0 Å². The molecular formula is C8H20O6P2Zn. The Morgan fingerprint density at radius 1 is 0.647 bits per heavy atom. The summed E-state index contributed by atoms with van der Waals surface area (Å²) in [6.45, 7) is 8.84. The van der Waals surface area contributed by atoms with Crippen LogP contribution in [0.15, 0.2) is 0 Å². The second-order valence-corrected chi connectivity index (χ2v) is 4.05. The molecule has 6 nitrogen and oxygen atoms in total. The Morgan fingerprint density at radius 2 is 0.824 bits per heavy atom. The van der Waals surface area contributed by atoms with Gasteiger partial charge in [0.05, 0.1) is 17.2 Å². The van der Waals surface area contributed by atoms with Crippen molar-refractivity contribution in [2.75, 3.05) is 26.4 Å².